The molecular formula is C13H13BrN2. The van der Waals surface area contributed by atoms with Crippen LogP contribution in [0.2, 0.25) is 0 Å². The summed E-state index contributed by atoms with van der Waals surface area (Å²) in [5.41, 5.74) is 5.42. The fourth-order valence-electron chi connectivity index (χ4n) is 1.64. The molecular weight excluding hydrogens is 264 g/mol. The van der Waals surface area contributed by atoms with E-state index >= 15 is 0 Å². The van der Waals surface area contributed by atoms with Crippen molar-refractivity contribution >= 4 is 15.9 Å². The van der Waals surface area contributed by atoms with Crippen LogP contribution < -0.4 is 0 Å². The maximum Gasteiger partial charge on any atom is 0.0885 e. The first-order valence-corrected chi connectivity index (χ1v) is 5.93. The molecule has 0 unspecified atom stereocenters. The van der Waals surface area contributed by atoms with Crippen LogP contribution in [0.1, 0.15) is 16.8 Å². The second kappa shape index (κ2) is 4.34. The van der Waals surface area contributed by atoms with Gasteiger partial charge in [0.25, 0.3) is 0 Å². The van der Waals surface area contributed by atoms with E-state index in [1.807, 2.05) is 13.1 Å². The Balaban J connectivity index is 2.52. The summed E-state index contributed by atoms with van der Waals surface area (Å²) in [7, 11) is 0. The largest absolute Gasteiger partial charge is 0.258 e. The zero-order chi connectivity index (χ0) is 11.7. The minimum absolute atomic E-state index is 0.921. The van der Waals surface area contributed by atoms with Crippen molar-refractivity contribution in [3.8, 4) is 11.3 Å². The summed E-state index contributed by atoms with van der Waals surface area (Å²) in [5, 5.41) is 0. The van der Waals surface area contributed by atoms with E-state index in [9.17, 15) is 0 Å². The summed E-state index contributed by atoms with van der Waals surface area (Å²) >= 11 is 3.56. The number of hydrogen-bond acceptors (Lipinski definition) is 2. The van der Waals surface area contributed by atoms with Gasteiger partial charge in [-0.15, -0.1) is 0 Å². The SMILES string of the molecule is Cc1cnc(-c2cc(C)c(Br)c(C)c2)cn1. The number of nitrogens with zero attached hydrogens (tertiary/aromatic N) is 2. The number of benzene rings is 1. The Hall–Kier alpha value is -1.22. The van der Waals surface area contributed by atoms with Gasteiger partial charge in [0.15, 0.2) is 0 Å². The van der Waals surface area contributed by atoms with Gasteiger partial charge in [0.2, 0.25) is 0 Å². The molecule has 1 aromatic heterocycles. The summed E-state index contributed by atoms with van der Waals surface area (Å²) in [4.78, 5) is 8.65. The Labute approximate surface area is 104 Å². The zero-order valence-corrected chi connectivity index (χ0v) is 11.2. The molecule has 0 aliphatic rings. The molecule has 0 amide bonds. The summed E-state index contributed by atoms with van der Waals surface area (Å²) < 4.78 is 1.16. The molecule has 0 spiro atoms. The quantitative estimate of drug-likeness (QED) is 0.791. The van der Waals surface area contributed by atoms with Crippen molar-refractivity contribution in [2.75, 3.05) is 0 Å². The average molecular weight is 277 g/mol. The number of rotatable bonds is 1. The Bertz CT molecular complexity index is 495. The van der Waals surface area contributed by atoms with E-state index in [2.05, 4.69) is 51.9 Å². The summed E-state index contributed by atoms with van der Waals surface area (Å²) in [6, 6.07) is 4.24. The molecule has 0 saturated carbocycles. The van der Waals surface area contributed by atoms with Gasteiger partial charge in [-0.3, -0.25) is 9.97 Å². The van der Waals surface area contributed by atoms with Gasteiger partial charge in [-0.2, -0.15) is 0 Å². The molecule has 0 N–H and O–H groups in total. The Kier molecular flexibility index (Phi) is 3.06. The van der Waals surface area contributed by atoms with Gasteiger partial charge in [0.1, 0.15) is 0 Å². The van der Waals surface area contributed by atoms with E-state index in [4.69, 9.17) is 0 Å². The molecule has 3 heteroatoms. The average Bonchev–Trinajstić information content (AvgIpc) is 2.26. The van der Waals surface area contributed by atoms with Crippen LogP contribution in [-0.4, -0.2) is 9.97 Å². The molecule has 82 valence electrons. The molecule has 0 atom stereocenters. The molecule has 2 aromatic rings. The fourth-order valence-corrected chi connectivity index (χ4v) is 1.86. The highest BCUT2D eigenvalue weighted by Gasteiger charge is 2.05. The van der Waals surface area contributed by atoms with Gasteiger partial charge in [-0.05, 0) is 44.0 Å². The molecule has 0 radical (unpaired) electrons. The first kappa shape index (κ1) is 11.3. The van der Waals surface area contributed by atoms with Crippen molar-refractivity contribution in [2.24, 2.45) is 0 Å². The zero-order valence-electron chi connectivity index (χ0n) is 9.58. The number of halogens is 1. The second-order valence-corrected chi connectivity index (χ2v) is 4.76. The van der Waals surface area contributed by atoms with Crippen LogP contribution in [0, 0.1) is 20.8 Å². The van der Waals surface area contributed by atoms with Gasteiger partial charge < -0.3 is 0 Å². The minimum Gasteiger partial charge on any atom is -0.258 e. The van der Waals surface area contributed by atoms with Crippen LogP contribution in [0.3, 0.4) is 0 Å². The van der Waals surface area contributed by atoms with Crippen LogP contribution in [-0.2, 0) is 0 Å². The highest BCUT2D eigenvalue weighted by Crippen LogP contribution is 2.27. The van der Waals surface area contributed by atoms with E-state index in [-0.39, 0.29) is 0 Å². The van der Waals surface area contributed by atoms with Gasteiger partial charge in [-0.25, -0.2) is 0 Å². The van der Waals surface area contributed by atoms with Crippen LogP contribution in [0.4, 0.5) is 0 Å². The molecule has 0 saturated heterocycles. The molecule has 1 aromatic carbocycles. The van der Waals surface area contributed by atoms with E-state index in [0.29, 0.717) is 0 Å². The van der Waals surface area contributed by atoms with Gasteiger partial charge >= 0.3 is 0 Å². The third-order valence-electron chi connectivity index (χ3n) is 2.51. The van der Waals surface area contributed by atoms with E-state index in [1.54, 1.807) is 6.20 Å². The molecule has 0 aliphatic carbocycles. The van der Waals surface area contributed by atoms with Gasteiger partial charge in [-0.1, -0.05) is 15.9 Å². The highest BCUT2D eigenvalue weighted by molar-refractivity contribution is 9.10. The fraction of sp³-hybridized carbons (Fsp3) is 0.231. The third kappa shape index (κ3) is 2.14. The monoisotopic (exact) mass is 276 g/mol. The number of aryl methyl sites for hydroxylation is 3. The Morgan fingerprint density at radius 1 is 0.938 bits per heavy atom. The molecule has 2 nitrogen and oxygen atoms in total. The van der Waals surface area contributed by atoms with Crippen LogP contribution in [0.15, 0.2) is 29.0 Å². The van der Waals surface area contributed by atoms with Gasteiger partial charge in [0.05, 0.1) is 17.6 Å². The predicted molar refractivity (Wildman–Crippen MR) is 69.4 cm³/mol. The second-order valence-electron chi connectivity index (χ2n) is 3.97. The molecule has 1 heterocycles. The number of aromatic nitrogens is 2. The van der Waals surface area contributed by atoms with Crippen molar-refractivity contribution in [3.63, 3.8) is 0 Å². The first-order chi connectivity index (χ1) is 7.58. The maximum atomic E-state index is 4.38. The summed E-state index contributed by atoms with van der Waals surface area (Å²) in [6.07, 6.45) is 3.61. The Morgan fingerprint density at radius 2 is 1.56 bits per heavy atom. The van der Waals surface area contributed by atoms with Gasteiger partial charge in [0, 0.05) is 16.2 Å². The van der Waals surface area contributed by atoms with Crippen molar-refractivity contribution in [1.29, 1.82) is 0 Å². The lowest BCUT2D eigenvalue weighted by Crippen LogP contribution is -1.90. The van der Waals surface area contributed by atoms with Crippen molar-refractivity contribution < 1.29 is 0 Å². The van der Waals surface area contributed by atoms with Crippen molar-refractivity contribution in [2.45, 2.75) is 20.8 Å². The third-order valence-corrected chi connectivity index (χ3v) is 3.76. The van der Waals surface area contributed by atoms with Crippen molar-refractivity contribution in [3.05, 3.63) is 45.8 Å². The molecule has 2 rings (SSSR count). The van der Waals surface area contributed by atoms with Crippen LogP contribution in [0.5, 0.6) is 0 Å². The molecule has 0 aliphatic heterocycles. The maximum absolute atomic E-state index is 4.38. The van der Waals surface area contributed by atoms with Crippen LogP contribution in [0.25, 0.3) is 11.3 Å². The van der Waals surface area contributed by atoms with E-state index in [1.165, 1.54) is 11.1 Å². The first-order valence-electron chi connectivity index (χ1n) is 5.13. The molecule has 16 heavy (non-hydrogen) atoms. The standard InChI is InChI=1S/C13H13BrN2/c1-8-4-11(5-9(2)13(8)14)12-7-15-10(3)6-16-12/h4-7H,1-3H3. The minimum atomic E-state index is 0.921. The van der Waals surface area contributed by atoms with E-state index < -0.39 is 0 Å². The summed E-state index contributed by atoms with van der Waals surface area (Å²) in [6.45, 7) is 6.11. The number of hydrogen-bond donors (Lipinski definition) is 0. The smallest absolute Gasteiger partial charge is 0.0885 e. The highest BCUT2D eigenvalue weighted by atomic mass is 79.9. The van der Waals surface area contributed by atoms with Crippen LogP contribution >= 0.6 is 15.9 Å². The molecule has 0 fully saturated rings. The van der Waals surface area contributed by atoms with Crippen molar-refractivity contribution in [1.82, 2.24) is 9.97 Å². The lowest BCUT2D eigenvalue weighted by Gasteiger charge is -2.07. The Morgan fingerprint density at radius 3 is 2.06 bits per heavy atom. The molecule has 0 bridgehead atoms. The predicted octanol–water partition coefficient (Wildman–Crippen LogP) is 3.83. The normalized spacial score (nSPS) is 10.5. The summed E-state index contributed by atoms with van der Waals surface area (Å²) in [5.74, 6) is 0. The lowest BCUT2D eigenvalue weighted by atomic mass is 10.1. The topological polar surface area (TPSA) is 25.8 Å². The van der Waals surface area contributed by atoms with E-state index in [0.717, 1.165) is 21.4 Å². The lowest BCUT2D eigenvalue weighted by molar-refractivity contribution is 1.12.